The Morgan fingerprint density at radius 3 is 2.68 bits per heavy atom. The first-order valence-electron chi connectivity index (χ1n) is 6.57. The molecular weight excluding hydrogens is 242 g/mol. The summed E-state index contributed by atoms with van der Waals surface area (Å²) in [6, 6.07) is 7.16. The first-order chi connectivity index (χ1) is 9.20. The van der Waals surface area contributed by atoms with Crippen LogP contribution in [0.25, 0.3) is 0 Å². The molecule has 1 aliphatic heterocycles. The number of amides is 1. The van der Waals surface area contributed by atoms with Gasteiger partial charge in [-0.1, -0.05) is 6.07 Å². The summed E-state index contributed by atoms with van der Waals surface area (Å²) in [6.45, 7) is 4.99. The Morgan fingerprint density at radius 1 is 1.32 bits per heavy atom. The number of piperazine rings is 1. The van der Waals surface area contributed by atoms with Crippen LogP contribution in [-0.2, 0) is 4.74 Å². The van der Waals surface area contributed by atoms with Gasteiger partial charge in [0.2, 0.25) is 0 Å². The van der Waals surface area contributed by atoms with E-state index in [9.17, 15) is 4.79 Å². The van der Waals surface area contributed by atoms with Gasteiger partial charge in [0, 0.05) is 51.1 Å². The van der Waals surface area contributed by atoms with E-state index in [2.05, 4.69) is 4.90 Å². The highest BCUT2D eigenvalue weighted by Crippen LogP contribution is 2.11. The van der Waals surface area contributed by atoms with E-state index in [1.54, 1.807) is 19.2 Å². The Balaban J connectivity index is 1.89. The van der Waals surface area contributed by atoms with Crippen LogP contribution in [-0.4, -0.2) is 62.1 Å². The minimum absolute atomic E-state index is 0.0682. The highest BCUT2D eigenvalue weighted by molar-refractivity contribution is 5.95. The van der Waals surface area contributed by atoms with E-state index in [-0.39, 0.29) is 5.91 Å². The van der Waals surface area contributed by atoms with Crippen LogP contribution in [0.2, 0.25) is 0 Å². The molecule has 1 aromatic carbocycles. The summed E-state index contributed by atoms with van der Waals surface area (Å²) < 4.78 is 5.07. The summed E-state index contributed by atoms with van der Waals surface area (Å²) >= 11 is 0. The van der Waals surface area contributed by atoms with Crippen molar-refractivity contribution >= 4 is 11.6 Å². The molecule has 0 bridgehead atoms. The second-order valence-corrected chi connectivity index (χ2v) is 4.75. The van der Waals surface area contributed by atoms with Gasteiger partial charge < -0.3 is 15.4 Å². The number of ether oxygens (including phenoxy) is 1. The molecular formula is C14H21N3O2. The lowest BCUT2D eigenvalue weighted by atomic mass is 10.1. The fraction of sp³-hybridized carbons (Fsp3) is 0.500. The van der Waals surface area contributed by atoms with Crippen LogP contribution in [0.5, 0.6) is 0 Å². The Labute approximate surface area is 113 Å². The number of rotatable bonds is 4. The molecule has 0 aliphatic carbocycles. The lowest BCUT2D eigenvalue weighted by molar-refractivity contribution is 0.0594. The summed E-state index contributed by atoms with van der Waals surface area (Å²) in [5.41, 5.74) is 7.01. The molecule has 0 radical (unpaired) electrons. The van der Waals surface area contributed by atoms with Crippen LogP contribution in [0, 0.1) is 0 Å². The van der Waals surface area contributed by atoms with Crippen molar-refractivity contribution in [3.05, 3.63) is 29.8 Å². The van der Waals surface area contributed by atoms with E-state index < -0.39 is 0 Å². The van der Waals surface area contributed by atoms with Gasteiger partial charge in [-0.05, 0) is 18.2 Å². The topological polar surface area (TPSA) is 58.8 Å². The number of carbonyl (C=O) groups excluding carboxylic acids is 1. The van der Waals surface area contributed by atoms with Crippen molar-refractivity contribution in [2.24, 2.45) is 0 Å². The molecule has 104 valence electrons. The van der Waals surface area contributed by atoms with Crippen molar-refractivity contribution in [1.82, 2.24) is 9.80 Å². The summed E-state index contributed by atoms with van der Waals surface area (Å²) in [4.78, 5) is 16.5. The van der Waals surface area contributed by atoms with E-state index in [1.807, 2.05) is 17.0 Å². The molecule has 1 aliphatic rings. The first-order valence-corrected chi connectivity index (χ1v) is 6.57. The second-order valence-electron chi connectivity index (χ2n) is 4.75. The fourth-order valence-corrected chi connectivity index (χ4v) is 2.25. The smallest absolute Gasteiger partial charge is 0.254 e. The van der Waals surface area contributed by atoms with Crippen LogP contribution >= 0.6 is 0 Å². The number of benzene rings is 1. The Hall–Kier alpha value is -1.59. The molecule has 1 amide bonds. The van der Waals surface area contributed by atoms with Crippen LogP contribution in [0.1, 0.15) is 10.4 Å². The maximum absolute atomic E-state index is 12.3. The number of anilines is 1. The average Bonchev–Trinajstić information content (AvgIpc) is 2.45. The standard InChI is InChI=1S/C14H21N3O2/c1-19-10-9-16-5-7-17(8-6-16)14(18)12-3-2-4-13(15)11-12/h2-4,11H,5-10,15H2,1H3. The van der Waals surface area contributed by atoms with Crippen molar-refractivity contribution in [2.75, 3.05) is 52.2 Å². The number of nitrogens with zero attached hydrogens (tertiary/aromatic N) is 2. The lowest BCUT2D eigenvalue weighted by Crippen LogP contribution is -2.49. The maximum Gasteiger partial charge on any atom is 0.254 e. The van der Waals surface area contributed by atoms with Crippen LogP contribution < -0.4 is 5.73 Å². The SMILES string of the molecule is COCCN1CCN(C(=O)c2cccc(N)c2)CC1. The zero-order valence-electron chi connectivity index (χ0n) is 11.3. The van der Waals surface area contributed by atoms with Crippen LogP contribution in [0.4, 0.5) is 5.69 Å². The normalized spacial score (nSPS) is 16.6. The van der Waals surface area contributed by atoms with E-state index in [4.69, 9.17) is 10.5 Å². The predicted molar refractivity (Wildman–Crippen MR) is 75.1 cm³/mol. The van der Waals surface area contributed by atoms with Crippen LogP contribution in [0.3, 0.4) is 0 Å². The molecule has 5 heteroatoms. The largest absolute Gasteiger partial charge is 0.399 e. The lowest BCUT2D eigenvalue weighted by Gasteiger charge is -2.34. The zero-order valence-corrected chi connectivity index (χ0v) is 11.3. The minimum atomic E-state index is 0.0682. The monoisotopic (exact) mass is 263 g/mol. The summed E-state index contributed by atoms with van der Waals surface area (Å²) in [7, 11) is 1.71. The number of nitrogens with two attached hydrogens (primary N) is 1. The van der Waals surface area contributed by atoms with Gasteiger partial charge in [-0.15, -0.1) is 0 Å². The first kappa shape index (κ1) is 13.8. The third-order valence-electron chi connectivity index (χ3n) is 3.40. The van der Waals surface area contributed by atoms with Gasteiger partial charge in [-0.3, -0.25) is 9.69 Å². The zero-order chi connectivity index (χ0) is 13.7. The van der Waals surface area contributed by atoms with Gasteiger partial charge in [-0.2, -0.15) is 0 Å². The van der Waals surface area contributed by atoms with Gasteiger partial charge in [0.05, 0.1) is 6.61 Å². The quantitative estimate of drug-likeness (QED) is 0.811. The van der Waals surface area contributed by atoms with E-state index in [0.717, 1.165) is 39.3 Å². The van der Waals surface area contributed by atoms with E-state index >= 15 is 0 Å². The number of nitrogen functional groups attached to an aromatic ring is 1. The molecule has 1 saturated heterocycles. The van der Waals surface area contributed by atoms with Crippen molar-refractivity contribution in [1.29, 1.82) is 0 Å². The molecule has 5 nitrogen and oxygen atoms in total. The third-order valence-corrected chi connectivity index (χ3v) is 3.40. The summed E-state index contributed by atoms with van der Waals surface area (Å²) in [6.07, 6.45) is 0. The van der Waals surface area contributed by atoms with Crippen molar-refractivity contribution < 1.29 is 9.53 Å². The molecule has 1 heterocycles. The van der Waals surface area contributed by atoms with Crippen molar-refractivity contribution in [2.45, 2.75) is 0 Å². The molecule has 0 spiro atoms. The number of carbonyl (C=O) groups is 1. The molecule has 1 fully saturated rings. The second kappa shape index (κ2) is 6.54. The molecule has 0 atom stereocenters. The van der Waals surface area contributed by atoms with Gasteiger partial charge in [0.15, 0.2) is 0 Å². The molecule has 2 rings (SSSR count). The molecule has 1 aromatic rings. The average molecular weight is 263 g/mol. The van der Waals surface area contributed by atoms with Gasteiger partial charge in [0.1, 0.15) is 0 Å². The molecule has 19 heavy (non-hydrogen) atoms. The molecule has 0 aromatic heterocycles. The molecule has 2 N–H and O–H groups in total. The Bertz CT molecular complexity index is 428. The highest BCUT2D eigenvalue weighted by atomic mass is 16.5. The highest BCUT2D eigenvalue weighted by Gasteiger charge is 2.21. The Kier molecular flexibility index (Phi) is 4.76. The van der Waals surface area contributed by atoms with E-state index in [0.29, 0.717) is 11.3 Å². The maximum atomic E-state index is 12.3. The third kappa shape index (κ3) is 3.68. The fourth-order valence-electron chi connectivity index (χ4n) is 2.25. The summed E-state index contributed by atoms with van der Waals surface area (Å²) in [5.74, 6) is 0.0682. The summed E-state index contributed by atoms with van der Waals surface area (Å²) in [5, 5.41) is 0. The van der Waals surface area contributed by atoms with Gasteiger partial charge in [-0.25, -0.2) is 0 Å². The predicted octanol–water partition coefficient (Wildman–Crippen LogP) is 0.673. The van der Waals surface area contributed by atoms with Gasteiger partial charge in [0.25, 0.3) is 5.91 Å². The number of hydrogen-bond donors (Lipinski definition) is 1. The number of methoxy groups -OCH3 is 1. The van der Waals surface area contributed by atoms with Crippen molar-refractivity contribution in [3.8, 4) is 0 Å². The minimum Gasteiger partial charge on any atom is -0.399 e. The van der Waals surface area contributed by atoms with Crippen LogP contribution in [0.15, 0.2) is 24.3 Å². The molecule has 0 saturated carbocycles. The molecule has 0 unspecified atom stereocenters. The number of hydrogen-bond acceptors (Lipinski definition) is 4. The Morgan fingerprint density at radius 2 is 2.05 bits per heavy atom. The van der Waals surface area contributed by atoms with Gasteiger partial charge >= 0.3 is 0 Å². The van der Waals surface area contributed by atoms with E-state index in [1.165, 1.54) is 0 Å². The van der Waals surface area contributed by atoms with Crippen molar-refractivity contribution in [3.63, 3.8) is 0 Å².